The predicted molar refractivity (Wildman–Crippen MR) is 107 cm³/mol. The van der Waals surface area contributed by atoms with Gasteiger partial charge < -0.3 is 9.42 Å². The van der Waals surface area contributed by atoms with Crippen LogP contribution in [0, 0.1) is 0 Å². The van der Waals surface area contributed by atoms with Gasteiger partial charge in [-0.15, -0.1) is 5.10 Å². The molecule has 0 aliphatic heterocycles. The Morgan fingerprint density at radius 2 is 1.74 bits per heavy atom. The summed E-state index contributed by atoms with van der Waals surface area (Å²) in [7, 11) is 0. The molecule has 0 saturated heterocycles. The van der Waals surface area contributed by atoms with Gasteiger partial charge in [-0.2, -0.15) is 31.3 Å². The number of carbonyl (C=O) groups excluding carboxylic acids is 1. The first-order valence-corrected chi connectivity index (χ1v) is 9.82. The van der Waals surface area contributed by atoms with E-state index in [1.807, 2.05) is 0 Å². The van der Waals surface area contributed by atoms with Crippen LogP contribution in [0.3, 0.4) is 0 Å². The first kappa shape index (κ1) is 23.9. The largest absolute Gasteiger partial charge is 0.471 e. The summed E-state index contributed by atoms with van der Waals surface area (Å²) < 4.78 is 83.2. The van der Waals surface area contributed by atoms with Crippen LogP contribution in [0.5, 0.6) is 0 Å². The maximum Gasteiger partial charge on any atom is 0.471 e. The number of aromatic nitrogens is 5. The van der Waals surface area contributed by atoms with Crippen molar-refractivity contribution in [1.82, 2.24) is 25.1 Å². The molecule has 0 aliphatic rings. The number of alkyl halides is 6. The van der Waals surface area contributed by atoms with Crippen molar-refractivity contribution in [1.29, 1.82) is 0 Å². The van der Waals surface area contributed by atoms with Crippen LogP contribution in [0.1, 0.15) is 17.0 Å². The van der Waals surface area contributed by atoms with E-state index in [2.05, 4.69) is 25.0 Å². The number of rotatable bonds is 6. The highest BCUT2D eigenvalue weighted by Gasteiger charge is 2.38. The molecular formula is C21H14F6N6O2. The van der Waals surface area contributed by atoms with Crippen LogP contribution in [-0.2, 0) is 30.2 Å². The highest BCUT2D eigenvalue weighted by Crippen LogP contribution is 2.33. The molecule has 1 amide bonds. The lowest BCUT2D eigenvalue weighted by molar-refractivity contribution is -0.159. The smallest absolute Gasteiger partial charge is 0.329 e. The van der Waals surface area contributed by atoms with Gasteiger partial charge in [0.25, 0.3) is 0 Å². The van der Waals surface area contributed by atoms with E-state index >= 15 is 0 Å². The Hall–Kier alpha value is -4.23. The lowest BCUT2D eigenvalue weighted by Gasteiger charge is -2.24. The summed E-state index contributed by atoms with van der Waals surface area (Å²) in [5.74, 6) is -2.35. The summed E-state index contributed by atoms with van der Waals surface area (Å²) in [5.41, 5.74) is -0.228. The summed E-state index contributed by atoms with van der Waals surface area (Å²) in [6.07, 6.45) is -6.63. The fraction of sp³-hybridized carbons (Fsp3) is 0.190. The van der Waals surface area contributed by atoms with Crippen LogP contribution >= 0.6 is 0 Å². The standard InChI is InChI=1S/C21H14F6N6O2/c22-20(23,24)15-2-1-3-16(10-15)33(17(34)12-32-9-8-28-31-32)11-13-4-6-14(7-5-13)18-29-19(35-30-18)21(25,26)27/h1-10H,11-12H2. The second-order valence-corrected chi connectivity index (χ2v) is 7.25. The molecule has 2 heterocycles. The maximum atomic E-state index is 13.2. The number of halogens is 6. The molecule has 0 spiro atoms. The Balaban J connectivity index is 1.60. The summed E-state index contributed by atoms with van der Waals surface area (Å²) in [4.78, 5) is 17.4. The van der Waals surface area contributed by atoms with Crippen molar-refractivity contribution < 1.29 is 35.7 Å². The fourth-order valence-corrected chi connectivity index (χ4v) is 3.11. The molecule has 14 heteroatoms. The van der Waals surface area contributed by atoms with Crippen molar-refractivity contribution in [2.45, 2.75) is 25.4 Å². The number of benzene rings is 2. The molecule has 0 N–H and O–H groups in total. The molecule has 0 unspecified atom stereocenters. The van der Waals surface area contributed by atoms with E-state index in [-0.39, 0.29) is 30.2 Å². The average molecular weight is 496 g/mol. The van der Waals surface area contributed by atoms with Crippen LogP contribution < -0.4 is 4.90 Å². The third-order valence-corrected chi connectivity index (χ3v) is 4.78. The molecule has 35 heavy (non-hydrogen) atoms. The van der Waals surface area contributed by atoms with Crippen LogP contribution in [0.15, 0.2) is 65.4 Å². The number of nitrogens with zero attached hydrogens (tertiary/aromatic N) is 6. The van der Waals surface area contributed by atoms with E-state index < -0.39 is 29.7 Å². The Kier molecular flexibility index (Phi) is 6.28. The number of carbonyl (C=O) groups is 1. The molecule has 4 rings (SSSR count). The zero-order chi connectivity index (χ0) is 25.2. The Labute approximate surface area is 192 Å². The van der Waals surface area contributed by atoms with Crippen LogP contribution in [-0.4, -0.2) is 31.0 Å². The predicted octanol–water partition coefficient (Wildman–Crippen LogP) is 4.60. The Bertz CT molecular complexity index is 1300. The highest BCUT2D eigenvalue weighted by molar-refractivity contribution is 5.93. The van der Waals surface area contributed by atoms with Gasteiger partial charge in [-0.3, -0.25) is 4.79 Å². The first-order chi connectivity index (χ1) is 16.5. The molecule has 8 nitrogen and oxygen atoms in total. The van der Waals surface area contributed by atoms with E-state index in [9.17, 15) is 31.1 Å². The first-order valence-electron chi connectivity index (χ1n) is 9.82. The molecule has 0 saturated carbocycles. The third-order valence-electron chi connectivity index (χ3n) is 4.78. The molecule has 0 bridgehead atoms. The van der Waals surface area contributed by atoms with Gasteiger partial charge in [0, 0.05) is 17.4 Å². The molecule has 0 aliphatic carbocycles. The van der Waals surface area contributed by atoms with E-state index in [4.69, 9.17) is 0 Å². The van der Waals surface area contributed by atoms with Crippen molar-refractivity contribution in [3.63, 3.8) is 0 Å². The number of hydrogen-bond acceptors (Lipinski definition) is 6. The van der Waals surface area contributed by atoms with Crippen molar-refractivity contribution in [3.8, 4) is 11.4 Å². The number of anilines is 1. The minimum atomic E-state index is -4.79. The van der Waals surface area contributed by atoms with Gasteiger partial charge in [-0.25, -0.2) is 4.68 Å². The fourth-order valence-electron chi connectivity index (χ4n) is 3.11. The van der Waals surface area contributed by atoms with Crippen molar-refractivity contribution in [3.05, 3.63) is 77.9 Å². The van der Waals surface area contributed by atoms with Crippen LogP contribution in [0.4, 0.5) is 32.0 Å². The van der Waals surface area contributed by atoms with Gasteiger partial charge in [0.15, 0.2) is 0 Å². The average Bonchev–Trinajstić information content (AvgIpc) is 3.49. The summed E-state index contributed by atoms with van der Waals surface area (Å²) in [6, 6.07) is 10.1. The third kappa shape index (κ3) is 5.65. The topological polar surface area (TPSA) is 89.9 Å². The Morgan fingerprint density at radius 3 is 2.34 bits per heavy atom. The Morgan fingerprint density at radius 1 is 1.00 bits per heavy atom. The molecule has 182 valence electrons. The van der Waals surface area contributed by atoms with E-state index in [0.29, 0.717) is 5.56 Å². The van der Waals surface area contributed by atoms with Gasteiger partial charge in [0.1, 0.15) is 6.54 Å². The SMILES string of the molecule is O=C(Cn1ccnn1)N(Cc1ccc(-c2noc(C(F)(F)F)n2)cc1)c1cccc(C(F)(F)F)c1. The van der Waals surface area contributed by atoms with E-state index in [0.717, 1.165) is 17.0 Å². The van der Waals surface area contributed by atoms with Gasteiger partial charge in [0.05, 0.1) is 18.3 Å². The van der Waals surface area contributed by atoms with Gasteiger partial charge in [0.2, 0.25) is 11.7 Å². The summed E-state index contributed by atoms with van der Waals surface area (Å²) in [6.45, 7) is -0.410. The van der Waals surface area contributed by atoms with Crippen LogP contribution in [0.25, 0.3) is 11.4 Å². The summed E-state index contributed by atoms with van der Waals surface area (Å²) in [5, 5.41) is 10.6. The monoisotopic (exact) mass is 496 g/mol. The van der Waals surface area contributed by atoms with Gasteiger partial charge in [-0.1, -0.05) is 40.7 Å². The van der Waals surface area contributed by atoms with Crippen molar-refractivity contribution in [2.75, 3.05) is 4.90 Å². The van der Waals surface area contributed by atoms with E-state index in [1.165, 1.54) is 53.5 Å². The quantitative estimate of drug-likeness (QED) is 0.363. The van der Waals surface area contributed by atoms with Crippen LogP contribution in [0.2, 0.25) is 0 Å². The normalized spacial score (nSPS) is 12.1. The van der Waals surface area contributed by atoms with E-state index in [1.54, 1.807) is 0 Å². The maximum absolute atomic E-state index is 13.2. The van der Waals surface area contributed by atoms with Gasteiger partial charge in [-0.05, 0) is 23.8 Å². The zero-order valence-electron chi connectivity index (χ0n) is 17.5. The van der Waals surface area contributed by atoms with Crippen molar-refractivity contribution >= 4 is 11.6 Å². The number of hydrogen-bond donors (Lipinski definition) is 0. The zero-order valence-corrected chi connectivity index (χ0v) is 17.5. The van der Waals surface area contributed by atoms with Crippen molar-refractivity contribution in [2.24, 2.45) is 0 Å². The minimum Gasteiger partial charge on any atom is -0.329 e. The lowest BCUT2D eigenvalue weighted by atomic mass is 10.1. The second-order valence-electron chi connectivity index (χ2n) is 7.25. The molecule has 0 fully saturated rings. The minimum absolute atomic E-state index is 0.00186. The lowest BCUT2D eigenvalue weighted by Crippen LogP contribution is -2.33. The second kappa shape index (κ2) is 9.19. The molecule has 0 radical (unpaired) electrons. The molecule has 4 aromatic rings. The number of amides is 1. The van der Waals surface area contributed by atoms with Gasteiger partial charge >= 0.3 is 18.2 Å². The molecule has 2 aromatic heterocycles. The summed E-state index contributed by atoms with van der Waals surface area (Å²) >= 11 is 0. The molecular weight excluding hydrogens is 482 g/mol. The highest BCUT2D eigenvalue weighted by atomic mass is 19.4. The molecule has 0 atom stereocenters. The molecule has 2 aromatic carbocycles.